The summed E-state index contributed by atoms with van der Waals surface area (Å²) in [5.41, 5.74) is 8.29. The van der Waals surface area contributed by atoms with Crippen molar-refractivity contribution in [2.24, 2.45) is 5.92 Å². The zero-order valence-corrected chi connectivity index (χ0v) is 11.5. The van der Waals surface area contributed by atoms with Crippen molar-refractivity contribution in [1.29, 1.82) is 0 Å². The number of rotatable bonds is 4. The fourth-order valence-corrected chi connectivity index (χ4v) is 2.49. The Morgan fingerprint density at radius 2 is 2.16 bits per heavy atom. The summed E-state index contributed by atoms with van der Waals surface area (Å²) in [5.74, 6) is 0.779. The molecule has 0 aliphatic carbocycles. The average Bonchev–Trinajstić information content (AvgIpc) is 2.42. The molecule has 1 heterocycles. The van der Waals surface area contributed by atoms with Crippen LogP contribution in [-0.4, -0.2) is 19.0 Å². The van der Waals surface area contributed by atoms with Gasteiger partial charge in [-0.05, 0) is 62.9 Å². The van der Waals surface area contributed by atoms with Crippen molar-refractivity contribution >= 4 is 17.3 Å². The number of benzene rings is 1. The molecule has 4 nitrogen and oxygen atoms in total. The van der Waals surface area contributed by atoms with Crippen molar-refractivity contribution < 1.29 is 4.79 Å². The first kappa shape index (κ1) is 13.9. The van der Waals surface area contributed by atoms with Gasteiger partial charge in [0, 0.05) is 17.8 Å². The van der Waals surface area contributed by atoms with Gasteiger partial charge in [0.2, 0.25) is 5.91 Å². The molecule has 0 aromatic heterocycles. The highest BCUT2D eigenvalue weighted by Crippen LogP contribution is 2.20. The van der Waals surface area contributed by atoms with E-state index in [0.29, 0.717) is 18.0 Å². The number of amides is 1. The lowest BCUT2D eigenvalue weighted by atomic mass is 9.93. The molecule has 1 aliphatic rings. The molecule has 1 fully saturated rings. The lowest BCUT2D eigenvalue weighted by Crippen LogP contribution is -2.28. The van der Waals surface area contributed by atoms with Gasteiger partial charge in [-0.3, -0.25) is 4.79 Å². The smallest absolute Gasteiger partial charge is 0.224 e. The highest BCUT2D eigenvalue weighted by molar-refractivity contribution is 5.92. The lowest BCUT2D eigenvalue weighted by Gasteiger charge is -2.22. The zero-order valence-electron chi connectivity index (χ0n) is 11.5. The Balaban J connectivity index is 1.81. The van der Waals surface area contributed by atoms with Crippen LogP contribution in [0, 0.1) is 12.8 Å². The van der Waals surface area contributed by atoms with E-state index in [0.717, 1.165) is 30.8 Å². The number of piperidine rings is 1. The molecule has 0 atom stereocenters. The van der Waals surface area contributed by atoms with Crippen LogP contribution in [0.3, 0.4) is 0 Å². The minimum Gasteiger partial charge on any atom is -0.399 e. The molecule has 1 amide bonds. The van der Waals surface area contributed by atoms with Crippen LogP contribution in [-0.2, 0) is 4.79 Å². The highest BCUT2D eigenvalue weighted by Gasteiger charge is 2.14. The molecule has 4 N–H and O–H groups in total. The predicted octanol–water partition coefficient (Wildman–Crippen LogP) is 2.30. The maximum atomic E-state index is 12.0. The molecule has 1 aliphatic heterocycles. The topological polar surface area (TPSA) is 67.1 Å². The first-order chi connectivity index (χ1) is 9.15. The van der Waals surface area contributed by atoms with E-state index in [2.05, 4.69) is 10.6 Å². The van der Waals surface area contributed by atoms with Crippen molar-refractivity contribution in [3.63, 3.8) is 0 Å². The van der Waals surface area contributed by atoms with Crippen LogP contribution < -0.4 is 16.4 Å². The standard InChI is InChI=1S/C15H23N3O/c1-11-2-4-13(16)10-14(11)18-15(19)5-3-12-6-8-17-9-7-12/h2,4,10,12,17H,3,5-9,16H2,1H3,(H,18,19). The number of anilines is 2. The molecule has 0 saturated carbocycles. The van der Waals surface area contributed by atoms with Crippen molar-refractivity contribution in [3.8, 4) is 0 Å². The van der Waals surface area contributed by atoms with Crippen LogP contribution in [0.15, 0.2) is 18.2 Å². The Bertz CT molecular complexity index is 439. The number of carbonyl (C=O) groups is 1. The summed E-state index contributed by atoms with van der Waals surface area (Å²) in [6.07, 6.45) is 3.95. The number of nitrogen functional groups attached to an aromatic ring is 1. The number of nitrogens with one attached hydrogen (secondary N) is 2. The van der Waals surface area contributed by atoms with E-state index in [1.54, 1.807) is 0 Å². The molecule has 0 radical (unpaired) electrons. The molecule has 1 aromatic carbocycles. The number of hydrogen-bond acceptors (Lipinski definition) is 3. The Labute approximate surface area is 114 Å². The Morgan fingerprint density at radius 1 is 1.42 bits per heavy atom. The van der Waals surface area contributed by atoms with E-state index in [4.69, 9.17) is 5.73 Å². The third-order valence-corrected chi connectivity index (χ3v) is 3.77. The van der Waals surface area contributed by atoms with Gasteiger partial charge >= 0.3 is 0 Å². The van der Waals surface area contributed by atoms with Crippen LogP contribution in [0.25, 0.3) is 0 Å². The van der Waals surface area contributed by atoms with Crippen molar-refractivity contribution in [3.05, 3.63) is 23.8 Å². The third kappa shape index (κ3) is 4.24. The molecule has 2 rings (SSSR count). The van der Waals surface area contributed by atoms with E-state index in [1.807, 2.05) is 25.1 Å². The SMILES string of the molecule is Cc1ccc(N)cc1NC(=O)CCC1CCNCC1. The monoisotopic (exact) mass is 261 g/mol. The van der Waals surface area contributed by atoms with Gasteiger partial charge in [-0.1, -0.05) is 6.07 Å². The maximum Gasteiger partial charge on any atom is 0.224 e. The third-order valence-electron chi connectivity index (χ3n) is 3.77. The molecule has 0 bridgehead atoms. The van der Waals surface area contributed by atoms with Crippen molar-refractivity contribution in [2.75, 3.05) is 24.1 Å². The second-order valence-corrected chi connectivity index (χ2v) is 5.35. The lowest BCUT2D eigenvalue weighted by molar-refractivity contribution is -0.116. The normalized spacial score (nSPS) is 16.3. The Hall–Kier alpha value is -1.55. The van der Waals surface area contributed by atoms with E-state index in [1.165, 1.54) is 12.8 Å². The number of hydrogen-bond donors (Lipinski definition) is 3. The minimum atomic E-state index is 0.0900. The fraction of sp³-hybridized carbons (Fsp3) is 0.533. The molecule has 19 heavy (non-hydrogen) atoms. The summed E-state index contributed by atoms with van der Waals surface area (Å²) >= 11 is 0. The first-order valence-corrected chi connectivity index (χ1v) is 7.02. The fourth-order valence-electron chi connectivity index (χ4n) is 2.49. The van der Waals surface area contributed by atoms with Gasteiger partial charge in [-0.15, -0.1) is 0 Å². The summed E-state index contributed by atoms with van der Waals surface area (Å²) in [4.78, 5) is 12.0. The molecule has 1 saturated heterocycles. The van der Waals surface area contributed by atoms with E-state index in [9.17, 15) is 4.79 Å². The summed E-state index contributed by atoms with van der Waals surface area (Å²) in [7, 11) is 0. The van der Waals surface area contributed by atoms with Crippen LogP contribution >= 0.6 is 0 Å². The molecule has 104 valence electrons. The van der Waals surface area contributed by atoms with E-state index >= 15 is 0 Å². The van der Waals surface area contributed by atoms with Crippen molar-refractivity contribution in [2.45, 2.75) is 32.6 Å². The summed E-state index contributed by atoms with van der Waals surface area (Å²) in [6, 6.07) is 5.59. The predicted molar refractivity (Wildman–Crippen MR) is 79.0 cm³/mol. The van der Waals surface area contributed by atoms with Gasteiger partial charge < -0.3 is 16.4 Å². The van der Waals surface area contributed by atoms with Gasteiger partial charge in [-0.2, -0.15) is 0 Å². The zero-order chi connectivity index (χ0) is 13.7. The van der Waals surface area contributed by atoms with Crippen LogP contribution in [0.2, 0.25) is 0 Å². The molecule has 1 aromatic rings. The van der Waals surface area contributed by atoms with Crippen LogP contribution in [0.5, 0.6) is 0 Å². The second-order valence-electron chi connectivity index (χ2n) is 5.35. The molecular weight excluding hydrogens is 238 g/mol. The van der Waals surface area contributed by atoms with Crippen LogP contribution in [0.4, 0.5) is 11.4 Å². The Morgan fingerprint density at radius 3 is 2.89 bits per heavy atom. The quantitative estimate of drug-likeness (QED) is 0.728. The largest absolute Gasteiger partial charge is 0.399 e. The minimum absolute atomic E-state index is 0.0900. The summed E-state index contributed by atoms with van der Waals surface area (Å²) in [6.45, 7) is 4.14. The van der Waals surface area contributed by atoms with Gasteiger partial charge in [0.25, 0.3) is 0 Å². The van der Waals surface area contributed by atoms with Gasteiger partial charge in [-0.25, -0.2) is 0 Å². The van der Waals surface area contributed by atoms with E-state index in [-0.39, 0.29) is 5.91 Å². The molecule has 4 heteroatoms. The summed E-state index contributed by atoms with van der Waals surface area (Å²) in [5, 5.41) is 6.30. The molecule has 0 spiro atoms. The average molecular weight is 261 g/mol. The highest BCUT2D eigenvalue weighted by atomic mass is 16.1. The van der Waals surface area contributed by atoms with Gasteiger partial charge in [0.05, 0.1) is 0 Å². The number of aryl methyl sites for hydroxylation is 1. The van der Waals surface area contributed by atoms with Crippen LogP contribution in [0.1, 0.15) is 31.2 Å². The summed E-state index contributed by atoms with van der Waals surface area (Å²) < 4.78 is 0. The Kier molecular flexibility index (Phi) is 4.80. The number of carbonyl (C=O) groups excluding carboxylic acids is 1. The van der Waals surface area contributed by atoms with Crippen molar-refractivity contribution in [1.82, 2.24) is 5.32 Å². The second kappa shape index (κ2) is 6.57. The van der Waals surface area contributed by atoms with E-state index < -0.39 is 0 Å². The number of nitrogens with two attached hydrogens (primary N) is 1. The molecule has 0 unspecified atom stereocenters. The maximum absolute atomic E-state index is 12.0. The van der Waals surface area contributed by atoms with Gasteiger partial charge in [0.1, 0.15) is 0 Å². The molecular formula is C15H23N3O. The first-order valence-electron chi connectivity index (χ1n) is 7.02. The van der Waals surface area contributed by atoms with Gasteiger partial charge in [0.15, 0.2) is 0 Å².